The van der Waals surface area contributed by atoms with Gasteiger partial charge in [-0.1, -0.05) is 24.3 Å². The molecule has 5 heteroatoms. The summed E-state index contributed by atoms with van der Waals surface area (Å²) in [6, 6.07) is 9.67. The average Bonchev–Trinajstić information content (AvgIpc) is 2.47. The van der Waals surface area contributed by atoms with Crippen molar-refractivity contribution in [3.8, 4) is 0 Å². The predicted octanol–water partition coefficient (Wildman–Crippen LogP) is 1.74. The van der Waals surface area contributed by atoms with Crippen LogP contribution in [0.4, 0.5) is 5.95 Å². The Morgan fingerprint density at radius 1 is 1.21 bits per heavy atom. The third kappa shape index (κ3) is 2.27. The lowest BCUT2D eigenvalue weighted by molar-refractivity contribution is 0.0690. The maximum absolute atomic E-state index is 10.9. The lowest BCUT2D eigenvalue weighted by Gasteiger charge is -2.28. The number of benzene rings is 1. The minimum atomic E-state index is -1.03. The van der Waals surface area contributed by atoms with Crippen molar-refractivity contribution in [2.45, 2.75) is 13.0 Å². The Kier molecular flexibility index (Phi) is 2.87. The fraction of sp³-hybridized carbons (Fsp3) is 0.214. The van der Waals surface area contributed by atoms with E-state index >= 15 is 0 Å². The second kappa shape index (κ2) is 4.68. The van der Waals surface area contributed by atoms with Crippen LogP contribution in [0.2, 0.25) is 0 Å². The van der Waals surface area contributed by atoms with Gasteiger partial charge in [-0.25, -0.2) is 14.8 Å². The zero-order chi connectivity index (χ0) is 13.2. The van der Waals surface area contributed by atoms with E-state index in [1.165, 1.54) is 23.4 Å². The predicted molar refractivity (Wildman–Crippen MR) is 70.2 cm³/mol. The van der Waals surface area contributed by atoms with Gasteiger partial charge in [-0.05, 0) is 23.6 Å². The van der Waals surface area contributed by atoms with Gasteiger partial charge in [-0.3, -0.25) is 0 Å². The molecule has 1 aromatic carbocycles. The minimum Gasteiger partial charge on any atom is -0.477 e. The normalized spacial score (nSPS) is 14.0. The number of nitrogens with zero attached hydrogens (tertiary/aromatic N) is 3. The van der Waals surface area contributed by atoms with E-state index in [2.05, 4.69) is 22.1 Å². The van der Waals surface area contributed by atoms with E-state index in [-0.39, 0.29) is 5.69 Å². The summed E-state index contributed by atoms with van der Waals surface area (Å²) >= 11 is 0. The van der Waals surface area contributed by atoms with Crippen LogP contribution in [0.1, 0.15) is 21.6 Å². The summed E-state index contributed by atoms with van der Waals surface area (Å²) in [5, 5.41) is 8.96. The van der Waals surface area contributed by atoms with Crippen molar-refractivity contribution in [2.24, 2.45) is 0 Å². The minimum absolute atomic E-state index is 0.0314. The number of aromatic carboxylic acids is 1. The van der Waals surface area contributed by atoms with Crippen molar-refractivity contribution in [2.75, 3.05) is 11.4 Å². The van der Waals surface area contributed by atoms with Gasteiger partial charge in [0.05, 0.1) is 0 Å². The Bertz CT molecular complexity index is 628. The first-order chi connectivity index (χ1) is 9.24. The maximum atomic E-state index is 10.9. The van der Waals surface area contributed by atoms with Crippen LogP contribution in [0.25, 0.3) is 0 Å². The maximum Gasteiger partial charge on any atom is 0.354 e. The summed E-state index contributed by atoms with van der Waals surface area (Å²) in [5.41, 5.74) is 2.62. The first kappa shape index (κ1) is 11.6. The van der Waals surface area contributed by atoms with Gasteiger partial charge in [0.25, 0.3) is 0 Å². The molecular weight excluding hydrogens is 242 g/mol. The third-order valence-corrected chi connectivity index (χ3v) is 3.28. The van der Waals surface area contributed by atoms with Crippen LogP contribution in [0.5, 0.6) is 0 Å². The van der Waals surface area contributed by atoms with Crippen LogP contribution in [0.15, 0.2) is 36.5 Å². The lowest BCUT2D eigenvalue weighted by atomic mass is 10.0. The Balaban J connectivity index is 1.89. The molecule has 0 atom stereocenters. The topological polar surface area (TPSA) is 66.3 Å². The van der Waals surface area contributed by atoms with E-state index in [1.807, 2.05) is 17.0 Å². The second-order valence-electron chi connectivity index (χ2n) is 4.49. The number of rotatable bonds is 2. The molecule has 1 N–H and O–H groups in total. The Hall–Kier alpha value is -2.43. The number of fused-ring (bicyclic) bond motifs is 1. The van der Waals surface area contributed by atoms with E-state index in [1.54, 1.807) is 0 Å². The standard InChI is InChI=1S/C14H13N3O2/c18-13(19)12-5-7-15-14(16-12)17-8-6-10-3-1-2-4-11(10)9-17/h1-5,7H,6,8-9H2,(H,18,19). The number of carboxylic acid groups (broad SMARTS) is 1. The van der Waals surface area contributed by atoms with Gasteiger partial charge in [0, 0.05) is 19.3 Å². The average molecular weight is 255 g/mol. The molecule has 3 rings (SSSR count). The number of carboxylic acids is 1. The summed E-state index contributed by atoms with van der Waals surface area (Å²) in [4.78, 5) is 21.2. The van der Waals surface area contributed by atoms with Crippen LogP contribution in [0, 0.1) is 0 Å². The van der Waals surface area contributed by atoms with E-state index < -0.39 is 5.97 Å². The monoisotopic (exact) mass is 255 g/mol. The van der Waals surface area contributed by atoms with Crippen LogP contribution < -0.4 is 4.90 Å². The largest absolute Gasteiger partial charge is 0.477 e. The molecule has 0 unspecified atom stereocenters. The SMILES string of the molecule is O=C(O)c1ccnc(N2CCc3ccccc3C2)n1. The highest BCUT2D eigenvalue weighted by molar-refractivity contribution is 5.85. The molecule has 0 bridgehead atoms. The molecule has 0 saturated carbocycles. The van der Waals surface area contributed by atoms with Crippen LogP contribution >= 0.6 is 0 Å². The zero-order valence-corrected chi connectivity index (χ0v) is 10.3. The molecule has 0 amide bonds. The van der Waals surface area contributed by atoms with Crippen molar-refractivity contribution < 1.29 is 9.90 Å². The van der Waals surface area contributed by atoms with Gasteiger partial charge in [0.1, 0.15) is 0 Å². The quantitative estimate of drug-likeness (QED) is 0.885. The van der Waals surface area contributed by atoms with Crippen molar-refractivity contribution in [3.05, 3.63) is 53.3 Å². The molecule has 19 heavy (non-hydrogen) atoms. The summed E-state index contributed by atoms with van der Waals surface area (Å²) in [6.07, 6.45) is 2.42. The van der Waals surface area contributed by atoms with E-state index in [4.69, 9.17) is 5.11 Å². The molecule has 1 aliphatic rings. The van der Waals surface area contributed by atoms with Crippen LogP contribution in [-0.2, 0) is 13.0 Å². The van der Waals surface area contributed by atoms with Crippen LogP contribution in [0.3, 0.4) is 0 Å². The van der Waals surface area contributed by atoms with Crippen LogP contribution in [-0.4, -0.2) is 27.6 Å². The second-order valence-corrected chi connectivity index (χ2v) is 4.49. The number of carbonyl (C=O) groups is 1. The number of anilines is 1. The van der Waals surface area contributed by atoms with E-state index in [0.29, 0.717) is 5.95 Å². The summed E-state index contributed by atoms with van der Waals surface area (Å²) in [6.45, 7) is 1.53. The van der Waals surface area contributed by atoms with Gasteiger partial charge in [-0.15, -0.1) is 0 Å². The summed E-state index contributed by atoms with van der Waals surface area (Å²) in [5.74, 6) is -0.546. The molecule has 0 radical (unpaired) electrons. The molecule has 1 aliphatic heterocycles. The van der Waals surface area contributed by atoms with E-state index in [0.717, 1.165) is 19.5 Å². The highest BCUT2D eigenvalue weighted by Crippen LogP contribution is 2.21. The highest BCUT2D eigenvalue weighted by atomic mass is 16.4. The Morgan fingerprint density at radius 3 is 2.79 bits per heavy atom. The molecule has 5 nitrogen and oxygen atoms in total. The van der Waals surface area contributed by atoms with Gasteiger partial charge in [-0.2, -0.15) is 0 Å². The smallest absolute Gasteiger partial charge is 0.354 e. The molecular formula is C14H13N3O2. The Labute approximate surface area is 110 Å². The first-order valence-corrected chi connectivity index (χ1v) is 6.12. The molecule has 2 heterocycles. The molecule has 0 saturated heterocycles. The van der Waals surface area contributed by atoms with Crippen molar-refractivity contribution in [1.82, 2.24) is 9.97 Å². The number of aromatic nitrogens is 2. The fourth-order valence-electron chi connectivity index (χ4n) is 2.29. The summed E-state index contributed by atoms with van der Waals surface area (Å²) in [7, 11) is 0. The molecule has 96 valence electrons. The van der Waals surface area contributed by atoms with Gasteiger partial charge in [0.15, 0.2) is 5.69 Å². The highest BCUT2D eigenvalue weighted by Gasteiger charge is 2.18. The molecule has 2 aromatic rings. The van der Waals surface area contributed by atoms with E-state index in [9.17, 15) is 4.79 Å². The number of hydrogen-bond donors (Lipinski definition) is 1. The molecule has 0 spiro atoms. The van der Waals surface area contributed by atoms with Gasteiger partial charge >= 0.3 is 5.97 Å². The zero-order valence-electron chi connectivity index (χ0n) is 10.3. The molecule has 0 aliphatic carbocycles. The lowest BCUT2D eigenvalue weighted by Crippen LogP contribution is -2.32. The number of hydrogen-bond acceptors (Lipinski definition) is 4. The van der Waals surface area contributed by atoms with Crippen molar-refractivity contribution in [3.63, 3.8) is 0 Å². The third-order valence-electron chi connectivity index (χ3n) is 3.28. The molecule has 0 fully saturated rings. The summed E-state index contributed by atoms with van der Waals surface area (Å²) < 4.78 is 0. The Morgan fingerprint density at radius 2 is 2.00 bits per heavy atom. The first-order valence-electron chi connectivity index (χ1n) is 6.12. The van der Waals surface area contributed by atoms with Crippen molar-refractivity contribution in [1.29, 1.82) is 0 Å². The van der Waals surface area contributed by atoms with Gasteiger partial charge < -0.3 is 10.0 Å². The van der Waals surface area contributed by atoms with Gasteiger partial charge in [0.2, 0.25) is 5.95 Å². The van der Waals surface area contributed by atoms with Crippen molar-refractivity contribution >= 4 is 11.9 Å². The fourth-order valence-corrected chi connectivity index (χ4v) is 2.29. The molecule has 1 aromatic heterocycles.